The molecule has 13 heteroatoms. The summed E-state index contributed by atoms with van der Waals surface area (Å²) >= 11 is 1.49. The number of hydrazine groups is 1. The highest BCUT2D eigenvalue weighted by atomic mass is 32.1. The summed E-state index contributed by atoms with van der Waals surface area (Å²) in [4.78, 5) is 39.3. The predicted molar refractivity (Wildman–Crippen MR) is 206 cm³/mol. The van der Waals surface area contributed by atoms with E-state index in [0.717, 1.165) is 57.1 Å². The van der Waals surface area contributed by atoms with Crippen LogP contribution in [0, 0.1) is 5.41 Å². The third-order valence-electron chi connectivity index (χ3n) is 11.1. The second kappa shape index (κ2) is 15.1. The number of aryl methyl sites for hydroxylation is 1. The van der Waals surface area contributed by atoms with Crippen LogP contribution in [0.4, 0.5) is 4.79 Å². The largest absolute Gasteiger partial charge is 0.375 e. The Bertz CT molecular complexity index is 1970. The Kier molecular flexibility index (Phi) is 10.7. The molecule has 0 aliphatic carbocycles. The van der Waals surface area contributed by atoms with Crippen molar-refractivity contribution >= 4 is 34.2 Å². The van der Waals surface area contributed by atoms with Crippen LogP contribution in [0.3, 0.4) is 0 Å². The number of likely N-dealkylation sites (tertiary alicyclic amines) is 1. The average molecular weight is 744 g/mol. The Morgan fingerprint density at radius 2 is 2.04 bits per heavy atom. The molecule has 2 fully saturated rings. The van der Waals surface area contributed by atoms with Gasteiger partial charge in [-0.1, -0.05) is 19.9 Å². The molecule has 7 rings (SSSR count). The first-order valence-electron chi connectivity index (χ1n) is 18.9. The molecular formula is C40H53N7O5S. The first-order valence-corrected chi connectivity index (χ1v) is 19.8. The zero-order valence-corrected chi connectivity index (χ0v) is 32.7. The third-order valence-corrected chi connectivity index (χ3v) is 12.0. The van der Waals surface area contributed by atoms with Crippen molar-refractivity contribution in [3.8, 4) is 22.5 Å². The van der Waals surface area contributed by atoms with Crippen molar-refractivity contribution in [3.05, 3.63) is 58.2 Å². The summed E-state index contributed by atoms with van der Waals surface area (Å²) in [5.41, 5.74) is 9.93. The molecule has 4 aromatic rings. The number of carbonyl (C=O) groups excluding carboxylic acids is 2. The van der Waals surface area contributed by atoms with E-state index in [1.165, 1.54) is 16.9 Å². The van der Waals surface area contributed by atoms with Crippen LogP contribution < -0.4 is 10.7 Å². The number of nitrogens with one attached hydrogen (secondary N) is 2. The van der Waals surface area contributed by atoms with Crippen LogP contribution in [-0.2, 0) is 33.7 Å². The minimum Gasteiger partial charge on any atom is -0.375 e. The average Bonchev–Trinajstić information content (AvgIpc) is 3.74. The fourth-order valence-corrected chi connectivity index (χ4v) is 9.18. The van der Waals surface area contributed by atoms with Crippen LogP contribution in [0.25, 0.3) is 33.4 Å². The number of aromatic nitrogens is 3. The number of hydrogen-bond acceptors (Lipinski definition) is 9. The molecule has 0 radical (unpaired) electrons. The van der Waals surface area contributed by atoms with Gasteiger partial charge in [-0.15, -0.1) is 11.3 Å². The first-order chi connectivity index (χ1) is 25.4. The second-order valence-electron chi connectivity index (χ2n) is 15.7. The van der Waals surface area contributed by atoms with Gasteiger partial charge in [0.15, 0.2) is 6.29 Å². The molecule has 3 aliphatic heterocycles. The number of carbonyl (C=O) groups is 2. The van der Waals surface area contributed by atoms with Crippen LogP contribution in [0.1, 0.15) is 83.2 Å². The van der Waals surface area contributed by atoms with E-state index >= 15 is 0 Å². The van der Waals surface area contributed by atoms with Gasteiger partial charge in [-0.25, -0.2) is 15.2 Å². The molecule has 6 heterocycles. The number of aliphatic hydroxyl groups is 1. The van der Waals surface area contributed by atoms with Gasteiger partial charge >= 0.3 is 6.03 Å². The molecule has 3 amide bonds. The summed E-state index contributed by atoms with van der Waals surface area (Å²) < 4.78 is 14.4. The molecule has 2 saturated heterocycles. The Balaban J connectivity index is 1.34. The third kappa shape index (κ3) is 7.34. The number of thiazole rings is 1. The highest BCUT2D eigenvalue weighted by Crippen LogP contribution is 2.42. The summed E-state index contributed by atoms with van der Waals surface area (Å²) in [6.07, 6.45) is 3.62. The molecule has 6 atom stereocenters. The number of benzene rings is 1. The van der Waals surface area contributed by atoms with Crippen molar-refractivity contribution in [2.45, 2.75) is 117 Å². The number of methoxy groups -OCH3 is 1. The molecule has 6 bridgehead atoms. The molecule has 284 valence electrons. The van der Waals surface area contributed by atoms with Crippen molar-refractivity contribution in [3.63, 3.8) is 0 Å². The van der Waals surface area contributed by atoms with Crippen LogP contribution in [-0.4, -0.2) is 92.2 Å². The summed E-state index contributed by atoms with van der Waals surface area (Å²) in [6, 6.07) is 9.24. The van der Waals surface area contributed by atoms with Gasteiger partial charge in [-0.2, -0.15) is 0 Å². The lowest BCUT2D eigenvalue weighted by Crippen LogP contribution is -2.64. The molecule has 0 saturated carbocycles. The van der Waals surface area contributed by atoms with Crippen molar-refractivity contribution in [2.75, 3.05) is 20.3 Å². The monoisotopic (exact) mass is 743 g/mol. The van der Waals surface area contributed by atoms with E-state index in [0.29, 0.717) is 25.8 Å². The van der Waals surface area contributed by atoms with Crippen molar-refractivity contribution in [1.29, 1.82) is 0 Å². The zero-order valence-electron chi connectivity index (χ0n) is 31.9. The highest BCUT2D eigenvalue weighted by molar-refractivity contribution is 7.10. The summed E-state index contributed by atoms with van der Waals surface area (Å²) in [6.45, 7) is 14.0. The van der Waals surface area contributed by atoms with Crippen LogP contribution >= 0.6 is 11.3 Å². The van der Waals surface area contributed by atoms with Crippen LogP contribution in [0.5, 0.6) is 0 Å². The first kappa shape index (κ1) is 37.4. The fraction of sp³-hybridized carbons (Fsp3) is 0.550. The summed E-state index contributed by atoms with van der Waals surface area (Å²) in [5, 5.41) is 19.9. The molecule has 53 heavy (non-hydrogen) atoms. The lowest BCUT2D eigenvalue weighted by Gasteiger charge is -2.46. The second-order valence-corrected chi connectivity index (χ2v) is 16.6. The minimum atomic E-state index is -1.14. The summed E-state index contributed by atoms with van der Waals surface area (Å²) in [5.74, 6) is -0.258. The Labute approximate surface area is 315 Å². The Morgan fingerprint density at radius 3 is 2.77 bits per heavy atom. The fourth-order valence-electron chi connectivity index (χ4n) is 8.33. The maximum Gasteiger partial charge on any atom is 0.318 e. The quantitative estimate of drug-likeness (QED) is 0.225. The molecule has 3 N–H and O–H groups in total. The Morgan fingerprint density at radius 1 is 1.25 bits per heavy atom. The van der Waals surface area contributed by atoms with E-state index in [1.54, 1.807) is 17.0 Å². The molecule has 3 aromatic heterocycles. The number of fused-ring (bicyclic) bond motifs is 6. The molecule has 3 aliphatic rings. The normalized spacial score (nSPS) is 25.5. The topological polar surface area (TPSA) is 134 Å². The van der Waals surface area contributed by atoms with E-state index in [-0.39, 0.29) is 43.2 Å². The predicted octanol–water partition coefficient (Wildman–Crippen LogP) is 6.07. The van der Waals surface area contributed by atoms with E-state index < -0.39 is 23.8 Å². The van der Waals surface area contributed by atoms with Gasteiger partial charge in [-0.3, -0.25) is 14.8 Å². The lowest BCUT2D eigenvalue weighted by molar-refractivity contribution is -0.164. The van der Waals surface area contributed by atoms with Gasteiger partial charge in [0.05, 0.1) is 40.8 Å². The molecular weight excluding hydrogens is 691 g/mol. The maximum atomic E-state index is 14.2. The highest BCUT2D eigenvalue weighted by Gasteiger charge is 2.39. The number of ether oxygens (including phenoxy) is 2. The standard InChI is InChI=1S/C40H53N7O5S/c1-8-45-33-14-13-26-18-28(33)29(36(45)27-11-9-15-41-35(27)25(4)51-7)20-40(5,6)22-52-38(49)30-12-10-16-46(44-30)37(48)31(19-34-42-32(26)21-53-34)43-39(50)47-23(2)17-24(47)3/h9,11,13-15,18,21,23-25,30-31,38,44,49H,8,10,12,16-17,19-20,22H2,1-7H3,(H,43,50)/t23-,24-,25-,30-,31-,38?/m0/s1. The van der Waals surface area contributed by atoms with Crippen molar-refractivity contribution in [2.24, 2.45) is 5.41 Å². The maximum absolute atomic E-state index is 14.2. The zero-order chi connectivity index (χ0) is 37.6. The van der Waals surface area contributed by atoms with Gasteiger partial charge in [-0.05, 0) is 88.6 Å². The molecule has 12 nitrogen and oxygen atoms in total. The number of nitrogens with zero attached hydrogens (tertiary/aromatic N) is 5. The molecule has 0 spiro atoms. The van der Waals surface area contributed by atoms with E-state index in [2.05, 4.69) is 60.3 Å². The number of aliphatic hydroxyl groups excluding tert-OH is 1. The minimum absolute atomic E-state index is 0.107. The van der Waals surface area contributed by atoms with Crippen LogP contribution in [0.2, 0.25) is 0 Å². The number of amides is 3. The molecule has 1 unspecified atom stereocenters. The van der Waals surface area contributed by atoms with Gasteiger partial charge in [0.2, 0.25) is 0 Å². The number of pyridine rings is 1. The Hall–Kier alpha value is -3.88. The van der Waals surface area contributed by atoms with E-state index in [4.69, 9.17) is 19.4 Å². The van der Waals surface area contributed by atoms with Gasteiger partial charge < -0.3 is 29.4 Å². The smallest absolute Gasteiger partial charge is 0.318 e. The van der Waals surface area contributed by atoms with Crippen molar-refractivity contribution in [1.82, 2.24) is 35.2 Å². The van der Waals surface area contributed by atoms with Crippen LogP contribution in [0.15, 0.2) is 41.9 Å². The van der Waals surface area contributed by atoms with E-state index in [9.17, 15) is 14.7 Å². The van der Waals surface area contributed by atoms with Gasteiger partial charge in [0, 0.05) is 72.3 Å². The van der Waals surface area contributed by atoms with Gasteiger partial charge in [0.1, 0.15) is 6.04 Å². The summed E-state index contributed by atoms with van der Waals surface area (Å²) in [7, 11) is 1.71. The number of hydrogen-bond donors (Lipinski definition) is 3. The van der Waals surface area contributed by atoms with Gasteiger partial charge in [0.25, 0.3) is 5.91 Å². The SMILES string of the molecule is CCn1c(-c2cccnc2[C@H](C)OC)c2c3cc(ccc31)-c1csc(n1)C[C@H](NC(=O)N1[C@@H](C)C[C@@H]1C)C(=O)N1CCC[C@H](N1)C(O)OCC(C)(C)C2. The molecule has 1 aromatic carbocycles. The van der Waals surface area contributed by atoms with E-state index in [1.807, 2.05) is 38.4 Å². The van der Waals surface area contributed by atoms with Crippen molar-refractivity contribution < 1.29 is 24.2 Å². The number of urea groups is 1. The lowest BCUT2D eigenvalue weighted by atomic mass is 9.84. The number of rotatable bonds is 5.